The van der Waals surface area contributed by atoms with Crippen molar-refractivity contribution < 1.29 is 87.1 Å². The number of carbonyl (C=O) groups is 3. The number of anilines is 2. The van der Waals surface area contributed by atoms with E-state index in [4.69, 9.17) is 5.11 Å². The Morgan fingerprint density at radius 1 is 0.622 bits per heavy atom. The molecular formula is C49H68F12N6O7. The molecule has 0 bridgehead atoms. The van der Waals surface area contributed by atoms with Crippen molar-refractivity contribution in [3.05, 3.63) is 58.7 Å². The number of likely N-dealkylation sites (tertiary alicyclic amines) is 1. The number of aliphatic hydroxyl groups excluding tert-OH is 1. The molecule has 1 amide bonds. The Balaban J connectivity index is 0.000000283. The lowest BCUT2D eigenvalue weighted by Gasteiger charge is -2.45. The minimum absolute atomic E-state index is 0.0500. The van der Waals surface area contributed by atoms with Crippen molar-refractivity contribution >= 4 is 29.4 Å². The number of halogens is 12. The molecule has 0 unspecified atom stereocenters. The second-order valence-electron chi connectivity index (χ2n) is 20.2. The molecule has 74 heavy (non-hydrogen) atoms. The Kier molecular flexibility index (Phi) is 20.8. The van der Waals surface area contributed by atoms with Crippen LogP contribution in [0.1, 0.15) is 87.5 Å². The van der Waals surface area contributed by atoms with E-state index in [2.05, 4.69) is 74.8 Å². The zero-order valence-electron chi connectivity index (χ0n) is 42.2. The molecule has 0 aromatic heterocycles. The quantitative estimate of drug-likeness (QED) is 0.159. The fourth-order valence-electron chi connectivity index (χ4n) is 9.41. The van der Waals surface area contributed by atoms with E-state index in [1.807, 2.05) is 33.0 Å². The first kappa shape index (κ1) is 61.8. The molecule has 4 saturated heterocycles. The fraction of sp³-hybridized carbons (Fsp3) is 0.694. The molecule has 0 spiro atoms. The van der Waals surface area contributed by atoms with Crippen LogP contribution in [0.25, 0.3) is 0 Å². The highest BCUT2D eigenvalue weighted by Crippen LogP contribution is 2.39. The van der Waals surface area contributed by atoms with Gasteiger partial charge in [-0.15, -0.1) is 0 Å². The number of carbonyl (C=O) groups excluding carboxylic acids is 1. The lowest BCUT2D eigenvalue weighted by molar-refractivity contribution is -0.309. The van der Waals surface area contributed by atoms with E-state index in [0.29, 0.717) is 45.3 Å². The van der Waals surface area contributed by atoms with Gasteiger partial charge in [0.1, 0.15) is 0 Å². The topological polar surface area (TPSA) is 149 Å². The summed E-state index contributed by atoms with van der Waals surface area (Å²) < 4.78 is 146. The Morgan fingerprint density at radius 2 is 0.973 bits per heavy atom. The van der Waals surface area contributed by atoms with Crippen LogP contribution >= 0.6 is 0 Å². The Labute approximate surface area is 422 Å². The Bertz CT molecular complexity index is 2140. The molecule has 0 atom stereocenters. The van der Waals surface area contributed by atoms with Crippen LogP contribution in [0.3, 0.4) is 0 Å². The van der Waals surface area contributed by atoms with Crippen molar-refractivity contribution in [2.75, 3.05) is 76.3 Å². The molecule has 25 heteroatoms. The maximum Gasteiger partial charge on any atom is 0.434 e. The second kappa shape index (κ2) is 24.9. The Morgan fingerprint density at radius 3 is 1.28 bits per heavy atom. The summed E-state index contributed by atoms with van der Waals surface area (Å²) in [6.07, 6.45) is -27.2. The van der Waals surface area contributed by atoms with E-state index in [1.165, 1.54) is 29.7 Å². The van der Waals surface area contributed by atoms with Gasteiger partial charge in [-0.1, -0.05) is 24.3 Å². The predicted molar refractivity (Wildman–Crippen MR) is 251 cm³/mol. The van der Waals surface area contributed by atoms with Crippen LogP contribution < -0.4 is 15.1 Å². The highest BCUT2D eigenvalue weighted by molar-refractivity contribution is 5.71. The number of nitrogens with one attached hydrogen (secondary N) is 1. The van der Waals surface area contributed by atoms with Gasteiger partial charge in [-0.2, -0.15) is 52.7 Å². The van der Waals surface area contributed by atoms with Crippen LogP contribution in [-0.2, 0) is 27.4 Å². The summed E-state index contributed by atoms with van der Waals surface area (Å²) in [5, 5.41) is 29.5. The number of aliphatic carboxylic acids is 2. The molecule has 420 valence electrons. The molecule has 2 aromatic carbocycles. The SMILES string of the molecule is Cc1ccc(CN(C)C2(C)CCN(C(=O)OC(C(F)(F)F)C(F)(F)F)CC2)c(N2CCC(C(=O)O)CC2)c1.Cc1ccc(CN(C)C2(C)CCNCC2)c(N2CCC(C(=O)O)CC2)c1.OC(C(F)(F)F)C(F)(F)F. The molecule has 4 aliphatic rings. The van der Waals surface area contributed by atoms with Gasteiger partial charge >= 0.3 is 42.7 Å². The summed E-state index contributed by atoms with van der Waals surface area (Å²) in [6.45, 7) is 14.8. The number of hydrogen-bond acceptors (Lipinski definition) is 10. The summed E-state index contributed by atoms with van der Waals surface area (Å²) in [7, 11) is 4.13. The number of carboxylic acids is 2. The molecule has 4 aliphatic heterocycles. The monoisotopic (exact) mass is 1080 g/mol. The lowest BCUT2D eigenvalue weighted by atomic mass is 9.87. The van der Waals surface area contributed by atoms with Crippen molar-refractivity contribution in [1.29, 1.82) is 0 Å². The number of rotatable bonds is 11. The minimum atomic E-state index is -5.76. The molecule has 0 aliphatic carbocycles. The fourth-order valence-corrected chi connectivity index (χ4v) is 9.41. The Hall–Kier alpha value is -4.75. The first-order valence-electron chi connectivity index (χ1n) is 24.2. The first-order valence-corrected chi connectivity index (χ1v) is 24.2. The average molecular weight is 1080 g/mol. The van der Waals surface area contributed by atoms with Crippen LogP contribution in [-0.4, -0.2) is 162 Å². The van der Waals surface area contributed by atoms with Gasteiger partial charge in [0.2, 0.25) is 6.10 Å². The third-order valence-corrected chi connectivity index (χ3v) is 14.7. The molecule has 0 saturated carbocycles. The van der Waals surface area contributed by atoms with Gasteiger partial charge in [0.25, 0.3) is 6.10 Å². The predicted octanol–water partition coefficient (Wildman–Crippen LogP) is 9.55. The van der Waals surface area contributed by atoms with Crippen molar-refractivity contribution in [3.63, 3.8) is 0 Å². The van der Waals surface area contributed by atoms with E-state index in [0.717, 1.165) is 67.3 Å². The number of piperidine rings is 4. The van der Waals surface area contributed by atoms with Crippen LogP contribution in [0.2, 0.25) is 0 Å². The number of ether oxygens (including phenoxy) is 1. The average Bonchev–Trinajstić information content (AvgIpc) is 3.31. The van der Waals surface area contributed by atoms with Crippen molar-refractivity contribution in [2.45, 2.75) is 140 Å². The van der Waals surface area contributed by atoms with Gasteiger partial charge in [-0.25, -0.2) is 4.79 Å². The maximum atomic E-state index is 12.8. The van der Waals surface area contributed by atoms with Gasteiger partial charge in [0, 0.05) is 74.8 Å². The number of alkyl halides is 12. The maximum absolute atomic E-state index is 12.8. The third kappa shape index (κ3) is 17.1. The minimum Gasteiger partial charge on any atom is -0.481 e. The molecule has 13 nitrogen and oxygen atoms in total. The number of benzene rings is 2. The molecular weight excluding hydrogens is 1010 g/mol. The number of hydrogen-bond donors (Lipinski definition) is 4. The zero-order chi connectivity index (χ0) is 55.8. The van der Waals surface area contributed by atoms with E-state index in [9.17, 15) is 77.3 Å². The van der Waals surface area contributed by atoms with E-state index < -0.39 is 60.5 Å². The van der Waals surface area contributed by atoms with Crippen LogP contribution in [0.4, 0.5) is 68.9 Å². The van der Waals surface area contributed by atoms with E-state index >= 15 is 0 Å². The van der Waals surface area contributed by atoms with Gasteiger partial charge in [-0.05, 0) is 141 Å². The summed E-state index contributed by atoms with van der Waals surface area (Å²) in [5.74, 6) is -1.98. The smallest absolute Gasteiger partial charge is 0.434 e. The van der Waals surface area contributed by atoms with Crippen LogP contribution in [0.5, 0.6) is 0 Å². The zero-order valence-corrected chi connectivity index (χ0v) is 42.2. The summed E-state index contributed by atoms with van der Waals surface area (Å²) in [4.78, 5) is 44.7. The normalized spacial score (nSPS) is 19.3. The molecule has 0 radical (unpaired) electrons. The van der Waals surface area contributed by atoms with Gasteiger partial charge in [-0.3, -0.25) is 19.4 Å². The van der Waals surface area contributed by atoms with E-state index in [1.54, 1.807) is 0 Å². The van der Waals surface area contributed by atoms with E-state index in [-0.39, 0.29) is 30.5 Å². The number of aliphatic hydroxyl groups is 1. The van der Waals surface area contributed by atoms with Gasteiger partial charge in [0.05, 0.1) is 11.8 Å². The lowest BCUT2D eigenvalue weighted by Crippen LogP contribution is -2.54. The molecule has 6 rings (SSSR count). The van der Waals surface area contributed by atoms with Crippen molar-refractivity contribution in [2.24, 2.45) is 11.8 Å². The summed E-state index contributed by atoms with van der Waals surface area (Å²) >= 11 is 0. The standard InChI is InChI=1S/C25H33F6N3O4.C21H33N3O2.C3H2F6O/c1-16-4-5-18(19(14-16)33-10-6-17(7-11-33)20(35)36)15-32(3)23(2)8-12-34(13-9-23)22(37)38-21(24(26,27)28)25(29,30)31;1-16-4-5-18(15-23(3)21(2)8-10-22-11-9-21)19(14-16)24-12-6-17(7-13-24)20(25)26;4-2(5,6)1(10)3(7,8)9/h4-5,14,17,21H,6-13,15H2,1-3H3,(H,35,36);4-5,14,17,22H,6-13,15H2,1-3H3,(H,25,26);1,10H. The first-order chi connectivity index (χ1) is 34.1. The number of nitrogens with zero attached hydrogens (tertiary/aromatic N) is 5. The van der Waals surface area contributed by atoms with Gasteiger partial charge < -0.3 is 40.1 Å². The number of aryl methyl sites for hydroxylation is 2. The van der Waals surface area contributed by atoms with Crippen LogP contribution in [0, 0.1) is 25.7 Å². The highest BCUT2D eigenvalue weighted by atomic mass is 19.4. The van der Waals surface area contributed by atoms with Crippen molar-refractivity contribution in [3.8, 4) is 0 Å². The molecule has 4 heterocycles. The summed E-state index contributed by atoms with van der Waals surface area (Å²) in [6, 6.07) is 12.8. The second-order valence-corrected chi connectivity index (χ2v) is 20.2. The molecule has 2 aromatic rings. The highest BCUT2D eigenvalue weighted by Gasteiger charge is 2.60. The molecule has 4 N–H and O–H groups in total. The largest absolute Gasteiger partial charge is 0.481 e. The van der Waals surface area contributed by atoms with Gasteiger partial charge in [0.15, 0.2) is 0 Å². The third-order valence-electron chi connectivity index (χ3n) is 14.7. The summed E-state index contributed by atoms with van der Waals surface area (Å²) in [5.41, 5.74) is 6.76. The molecule has 4 fully saturated rings. The van der Waals surface area contributed by atoms with Crippen LogP contribution in [0.15, 0.2) is 36.4 Å². The van der Waals surface area contributed by atoms with Crippen molar-refractivity contribution in [1.82, 2.24) is 20.0 Å². The number of amides is 1. The number of carboxylic acid groups (broad SMARTS) is 2.